The SMILES string of the molecule is CCN(CCO)CCNc1nc(C)ns1. The molecule has 0 unspecified atom stereocenters. The molecule has 0 saturated heterocycles. The Labute approximate surface area is 94.3 Å². The van der Waals surface area contributed by atoms with Crippen LogP contribution in [-0.4, -0.2) is 52.1 Å². The second-order valence-corrected chi connectivity index (χ2v) is 3.98. The molecule has 0 spiro atoms. The zero-order valence-electron chi connectivity index (χ0n) is 9.23. The van der Waals surface area contributed by atoms with Crippen LogP contribution in [0.1, 0.15) is 12.7 Å². The molecule has 2 N–H and O–H groups in total. The fraction of sp³-hybridized carbons (Fsp3) is 0.778. The Kier molecular flexibility index (Phi) is 5.52. The summed E-state index contributed by atoms with van der Waals surface area (Å²) in [5, 5.41) is 12.9. The van der Waals surface area contributed by atoms with Gasteiger partial charge in [0, 0.05) is 31.2 Å². The minimum Gasteiger partial charge on any atom is -0.395 e. The van der Waals surface area contributed by atoms with Gasteiger partial charge in [0.25, 0.3) is 0 Å². The van der Waals surface area contributed by atoms with E-state index in [1.54, 1.807) is 0 Å². The zero-order chi connectivity index (χ0) is 11.1. The minimum absolute atomic E-state index is 0.214. The summed E-state index contributed by atoms with van der Waals surface area (Å²) >= 11 is 1.38. The topological polar surface area (TPSA) is 61.3 Å². The predicted molar refractivity (Wildman–Crippen MR) is 62.3 cm³/mol. The van der Waals surface area contributed by atoms with E-state index in [0.29, 0.717) is 0 Å². The Bertz CT molecular complexity index is 279. The molecule has 0 radical (unpaired) electrons. The van der Waals surface area contributed by atoms with Crippen molar-refractivity contribution in [2.24, 2.45) is 0 Å². The average molecular weight is 230 g/mol. The van der Waals surface area contributed by atoms with E-state index < -0.39 is 0 Å². The highest BCUT2D eigenvalue weighted by atomic mass is 32.1. The quantitative estimate of drug-likeness (QED) is 0.717. The predicted octanol–water partition coefficient (Wildman–Crippen LogP) is 0.573. The van der Waals surface area contributed by atoms with Crippen molar-refractivity contribution in [3.63, 3.8) is 0 Å². The lowest BCUT2D eigenvalue weighted by molar-refractivity contribution is 0.206. The highest BCUT2D eigenvalue weighted by Crippen LogP contribution is 2.09. The molecule has 0 amide bonds. The van der Waals surface area contributed by atoms with E-state index in [0.717, 1.165) is 37.1 Å². The van der Waals surface area contributed by atoms with Crippen LogP contribution in [0, 0.1) is 6.92 Å². The summed E-state index contributed by atoms with van der Waals surface area (Å²) in [6.45, 7) is 7.62. The lowest BCUT2D eigenvalue weighted by Crippen LogP contribution is -2.31. The molecule has 0 aromatic carbocycles. The Morgan fingerprint density at radius 2 is 2.27 bits per heavy atom. The van der Waals surface area contributed by atoms with Crippen LogP contribution in [0.15, 0.2) is 0 Å². The number of likely N-dealkylation sites (N-methyl/N-ethyl adjacent to an activating group) is 1. The summed E-state index contributed by atoms with van der Waals surface area (Å²) in [5.41, 5.74) is 0. The number of rotatable bonds is 7. The molecule has 5 nitrogen and oxygen atoms in total. The molecule has 1 rings (SSSR count). The van der Waals surface area contributed by atoms with Gasteiger partial charge in [-0.2, -0.15) is 4.37 Å². The maximum absolute atomic E-state index is 8.81. The number of aliphatic hydroxyl groups is 1. The van der Waals surface area contributed by atoms with Crippen LogP contribution in [0.5, 0.6) is 0 Å². The zero-order valence-corrected chi connectivity index (χ0v) is 10.0. The first-order chi connectivity index (χ1) is 7.26. The van der Waals surface area contributed by atoms with Crippen LogP contribution in [-0.2, 0) is 0 Å². The van der Waals surface area contributed by atoms with Crippen LogP contribution in [0.3, 0.4) is 0 Å². The van der Waals surface area contributed by atoms with Crippen molar-refractivity contribution in [1.29, 1.82) is 0 Å². The van der Waals surface area contributed by atoms with E-state index in [-0.39, 0.29) is 6.61 Å². The molecule has 15 heavy (non-hydrogen) atoms. The van der Waals surface area contributed by atoms with E-state index >= 15 is 0 Å². The van der Waals surface area contributed by atoms with E-state index in [2.05, 4.69) is 26.5 Å². The molecule has 0 fully saturated rings. The van der Waals surface area contributed by atoms with E-state index in [1.165, 1.54) is 11.5 Å². The monoisotopic (exact) mass is 230 g/mol. The number of aryl methyl sites for hydroxylation is 1. The van der Waals surface area contributed by atoms with Gasteiger partial charge in [-0.3, -0.25) is 4.90 Å². The molecule has 0 saturated carbocycles. The van der Waals surface area contributed by atoms with Gasteiger partial charge in [0.2, 0.25) is 5.13 Å². The fourth-order valence-corrected chi connectivity index (χ4v) is 1.86. The average Bonchev–Trinajstić information content (AvgIpc) is 2.63. The maximum Gasteiger partial charge on any atom is 0.202 e. The third-order valence-corrected chi connectivity index (χ3v) is 2.86. The van der Waals surface area contributed by atoms with Crippen molar-refractivity contribution in [1.82, 2.24) is 14.3 Å². The van der Waals surface area contributed by atoms with E-state index in [1.807, 2.05) is 6.92 Å². The minimum atomic E-state index is 0.214. The molecule has 0 aliphatic carbocycles. The Balaban J connectivity index is 2.20. The molecule has 0 aliphatic heterocycles. The molecule has 0 aliphatic rings. The normalized spacial score (nSPS) is 10.9. The van der Waals surface area contributed by atoms with Gasteiger partial charge >= 0.3 is 0 Å². The number of aliphatic hydroxyl groups excluding tert-OH is 1. The Morgan fingerprint density at radius 1 is 1.47 bits per heavy atom. The summed E-state index contributed by atoms with van der Waals surface area (Å²) in [6, 6.07) is 0. The van der Waals surface area contributed by atoms with Crippen LogP contribution in [0.4, 0.5) is 5.13 Å². The van der Waals surface area contributed by atoms with Crippen LogP contribution >= 0.6 is 11.5 Å². The molecule has 6 heteroatoms. The Morgan fingerprint density at radius 3 is 2.80 bits per heavy atom. The van der Waals surface area contributed by atoms with Gasteiger partial charge in [-0.25, -0.2) is 4.98 Å². The Hall–Kier alpha value is -0.720. The summed E-state index contributed by atoms with van der Waals surface area (Å²) in [4.78, 5) is 6.39. The smallest absolute Gasteiger partial charge is 0.202 e. The lowest BCUT2D eigenvalue weighted by atomic mass is 10.4. The van der Waals surface area contributed by atoms with Crippen molar-refractivity contribution in [2.45, 2.75) is 13.8 Å². The maximum atomic E-state index is 8.81. The number of anilines is 1. The standard InChI is InChI=1S/C9H18N4OS/c1-3-13(6-7-14)5-4-10-9-11-8(2)12-15-9/h14H,3-7H2,1-2H3,(H,10,11,12). The van der Waals surface area contributed by atoms with Gasteiger partial charge in [-0.05, 0) is 13.5 Å². The van der Waals surface area contributed by atoms with Gasteiger partial charge in [0.1, 0.15) is 5.82 Å². The summed E-state index contributed by atoms with van der Waals surface area (Å²) < 4.78 is 4.09. The molecule has 0 bridgehead atoms. The molecular weight excluding hydrogens is 212 g/mol. The van der Waals surface area contributed by atoms with Gasteiger partial charge in [-0.1, -0.05) is 6.92 Å². The van der Waals surface area contributed by atoms with Crippen LogP contribution in [0.2, 0.25) is 0 Å². The second kappa shape index (κ2) is 6.71. The highest BCUT2D eigenvalue weighted by molar-refractivity contribution is 7.09. The highest BCUT2D eigenvalue weighted by Gasteiger charge is 2.02. The third-order valence-electron chi connectivity index (χ3n) is 2.10. The summed E-state index contributed by atoms with van der Waals surface area (Å²) in [7, 11) is 0. The van der Waals surface area contributed by atoms with E-state index in [4.69, 9.17) is 5.11 Å². The number of nitrogens with zero attached hydrogens (tertiary/aromatic N) is 3. The van der Waals surface area contributed by atoms with Gasteiger partial charge < -0.3 is 10.4 Å². The molecular formula is C9H18N4OS. The molecule has 1 aromatic rings. The van der Waals surface area contributed by atoms with Crippen molar-refractivity contribution in [2.75, 3.05) is 38.1 Å². The van der Waals surface area contributed by atoms with Gasteiger partial charge in [-0.15, -0.1) is 0 Å². The van der Waals surface area contributed by atoms with Crippen molar-refractivity contribution in [3.05, 3.63) is 5.82 Å². The largest absolute Gasteiger partial charge is 0.395 e. The van der Waals surface area contributed by atoms with Crippen molar-refractivity contribution in [3.8, 4) is 0 Å². The summed E-state index contributed by atoms with van der Waals surface area (Å²) in [5.74, 6) is 0.810. The van der Waals surface area contributed by atoms with Crippen LogP contribution in [0.25, 0.3) is 0 Å². The van der Waals surface area contributed by atoms with Crippen LogP contribution < -0.4 is 5.32 Å². The third kappa shape index (κ3) is 4.55. The van der Waals surface area contributed by atoms with Gasteiger partial charge in [0.15, 0.2) is 0 Å². The van der Waals surface area contributed by atoms with E-state index in [9.17, 15) is 0 Å². The van der Waals surface area contributed by atoms with Crippen molar-refractivity contribution >= 4 is 16.7 Å². The lowest BCUT2D eigenvalue weighted by Gasteiger charge is -2.18. The number of nitrogens with one attached hydrogen (secondary N) is 1. The molecule has 0 atom stereocenters. The summed E-state index contributed by atoms with van der Waals surface area (Å²) in [6.07, 6.45) is 0. The first-order valence-corrected chi connectivity index (χ1v) is 5.91. The number of hydrogen-bond donors (Lipinski definition) is 2. The second-order valence-electron chi connectivity index (χ2n) is 3.23. The fourth-order valence-electron chi connectivity index (χ4n) is 1.26. The number of aromatic nitrogens is 2. The first-order valence-electron chi connectivity index (χ1n) is 5.13. The molecule has 1 aromatic heterocycles. The van der Waals surface area contributed by atoms with Crippen molar-refractivity contribution < 1.29 is 5.11 Å². The first kappa shape index (κ1) is 12.4. The number of hydrogen-bond acceptors (Lipinski definition) is 6. The molecule has 86 valence electrons. The van der Waals surface area contributed by atoms with Gasteiger partial charge in [0.05, 0.1) is 6.61 Å². The molecule has 1 heterocycles.